The lowest BCUT2D eigenvalue weighted by Crippen LogP contribution is -2.37. The van der Waals surface area contributed by atoms with Crippen LogP contribution in [-0.2, 0) is 0 Å². The topological polar surface area (TPSA) is 53.7 Å². The molecule has 0 spiro atoms. The molecule has 2 heterocycles. The first-order valence-electron chi connectivity index (χ1n) is 6.22. The smallest absolute Gasteiger partial charge is 0.407 e. The van der Waals surface area contributed by atoms with Crippen molar-refractivity contribution in [2.45, 2.75) is 25.3 Å². The number of fused-ring (bicyclic) bond motifs is 1. The average Bonchev–Trinajstić information content (AvgIpc) is 2.85. The Bertz CT molecular complexity index is 534. The number of hydrogen-bond acceptors (Lipinski definition) is 2. The van der Waals surface area contributed by atoms with Gasteiger partial charge in [0, 0.05) is 17.7 Å². The summed E-state index contributed by atoms with van der Waals surface area (Å²) in [7, 11) is 0. The second-order valence-electron chi connectivity index (χ2n) is 4.71. The summed E-state index contributed by atoms with van der Waals surface area (Å²) in [6.07, 6.45) is 3.72. The fourth-order valence-corrected chi connectivity index (χ4v) is 2.67. The third-order valence-corrected chi connectivity index (χ3v) is 3.59. The van der Waals surface area contributed by atoms with Crippen LogP contribution in [0.15, 0.2) is 34.9 Å². The molecule has 18 heavy (non-hydrogen) atoms. The molecular formula is C14H15NO3. The van der Waals surface area contributed by atoms with Crippen LogP contribution >= 0.6 is 0 Å². The van der Waals surface area contributed by atoms with E-state index in [9.17, 15) is 9.90 Å². The molecule has 0 radical (unpaired) electrons. The molecule has 2 aliphatic heterocycles. The van der Waals surface area contributed by atoms with E-state index in [2.05, 4.69) is 0 Å². The van der Waals surface area contributed by atoms with Gasteiger partial charge in [0.05, 0.1) is 12.3 Å². The predicted octanol–water partition coefficient (Wildman–Crippen LogP) is 3.59. The third kappa shape index (κ3) is 1.83. The molecule has 3 aliphatic rings. The van der Waals surface area contributed by atoms with Crippen LogP contribution in [0.2, 0.25) is 0 Å². The predicted molar refractivity (Wildman–Crippen MR) is 66.7 cm³/mol. The summed E-state index contributed by atoms with van der Waals surface area (Å²) < 4.78 is 5.54. The first-order valence-corrected chi connectivity index (χ1v) is 6.22. The number of hydrogen-bond donors (Lipinski definition) is 1. The SMILES string of the molecule is O=C(O)N1CCCCC1c1coc2cccc-2c1. The van der Waals surface area contributed by atoms with Crippen LogP contribution < -0.4 is 0 Å². The highest BCUT2D eigenvalue weighted by Gasteiger charge is 2.28. The zero-order valence-electron chi connectivity index (χ0n) is 10.0. The Balaban J connectivity index is 1.96. The third-order valence-electron chi connectivity index (χ3n) is 3.59. The normalized spacial score (nSPS) is 20.2. The number of likely N-dealkylation sites (tertiary alicyclic amines) is 1. The van der Waals surface area contributed by atoms with E-state index < -0.39 is 6.09 Å². The molecule has 1 saturated heterocycles. The molecule has 0 bridgehead atoms. The molecule has 1 unspecified atom stereocenters. The summed E-state index contributed by atoms with van der Waals surface area (Å²) in [6.45, 7) is 0.610. The molecule has 1 fully saturated rings. The van der Waals surface area contributed by atoms with Crippen molar-refractivity contribution in [2.24, 2.45) is 0 Å². The maximum absolute atomic E-state index is 11.2. The molecule has 1 N–H and O–H groups in total. The minimum atomic E-state index is -0.845. The van der Waals surface area contributed by atoms with Crippen LogP contribution in [0.5, 0.6) is 0 Å². The van der Waals surface area contributed by atoms with Gasteiger partial charge in [-0.3, -0.25) is 0 Å². The number of rotatable bonds is 1. The summed E-state index contributed by atoms with van der Waals surface area (Å²) in [6, 6.07) is 7.79. The van der Waals surface area contributed by atoms with Crippen LogP contribution in [0.25, 0.3) is 11.3 Å². The van der Waals surface area contributed by atoms with E-state index in [1.54, 1.807) is 6.26 Å². The van der Waals surface area contributed by atoms with Gasteiger partial charge in [0.25, 0.3) is 0 Å². The lowest BCUT2D eigenvalue weighted by atomic mass is 9.96. The number of nitrogens with zero attached hydrogens (tertiary/aromatic N) is 1. The van der Waals surface area contributed by atoms with Crippen molar-refractivity contribution in [2.75, 3.05) is 6.54 Å². The summed E-state index contributed by atoms with van der Waals surface area (Å²) in [5, 5.41) is 9.24. The molecule has 0 aromatic heterocycles. The standard InChI is InChI=1S/C14H15NO3/c16-14(17)15-7-2-1-5-12(15)11-8-10-4-3-6-13(10)18-9-11/h3-4,6,8-9,12H,1-2,5,7H2,(H,16,17). The molecule has 1 aliphatic carbocycles. The second kappa shape index (κ2) is 4.37. The van der Waals surface area contributed by atoms with E-state index in [1.165, 1.54) is 4.90 Å². The van der Waals surface area contributed by atoms with Gasteiger partial charge in [0.1, 0.15) is 5.76 Å². The quantitative estimate of drug-likeness (QED) is 0.835. The highest BCUT2D eigenvalue weighted by atomic mass is 16.4. The van der Waals surface area contributed by atoms with Crippen LogP contribution in [0.4, 0.5) is 4.79 Å². The van der Waals surface area contributed by atoms with Gasteiger partial charge < -0.3 is 14.4 Å². The van der Waals surface area contributed by atoms with Crippen molar-refractivity contribution in [3.63, 3.8) is 0 Å². The molecule has 0 aromatic carbocycles. The maximum atomic E-state index is 11.2. The highest BCUT2D eigenvalue weighted by molar-refractivity contribution is 5.66. The molecule has 1 amide bonds. The van der Waals surface area contributed by atoms with E-state index in [0.29, 0.717) is 6.54 Å². The summed E-state index contributed by atoms with van der Waals surface area (Å²) >= 11 is 0. The number of carboxylic acid groups (broad SMARTS) is 1. The van der Waals surface area contributed by atoms with Gasteiger partial charge in [-0.2, -0.15) is 0 Å². The van der Waals surface area contributed by atoms with E-state index in [1.807, 2.05) is 24.3 Å². The molecule has 94 valence electrons. The largest absolute Gasteiger partial charge is 0.465 e. The summed E-state index contributed by atoms with van der Waals surface area (Å²) in [5.41, 5.74) is 1.99. The maximum Gasteiger partial charge on any atom is 0.407 e. The van der Waals surface area contributed by atoms with E-state index in [4.69, 9.17) is 4.42 Å². The summed E-state index contributed by atoms with van der Waals surface area (Å²) in [4.78, 5) is 12.8. The fraction of sp³-hybridized carbons (Fsp3) is 0.357. The Morgan fingerprint density at radius 3 is 3.11 bits per heavy atom. The van der Waals surface area contributed by atoms with E-state index in [0.717, 1.165) is 36.1 Å². The van der Waals surface area contributed by atoms with E-state index in [-0.39, 0.29) is 6.04 Å². The molecule has 3 rings (SSSR count). The average molecular weight is 245 g/mol. The molecular weight excluding hydrogens is 230 g/mol. The number of piperidine rings is 1. The van der Waals surface area contributed by atoms with Crippen molar-refractivity contribution < 1.29 is 14.3 Å². The highest BCUT2D eigenvalue weighted by Crippen LogP contribution is 2.34. The Morgan fingerprint density at radius 1 is 1.39 bits per heavy atom. The van der Waals surface area contributed by atoms with Crippen molar-refractivity contribution in [3.05, 3.63) is 36.1 Å². The van der Waals surface area contributed by atoms with Gasteiger partial charge in [-0.15, -0.1) is 0 Å². The Kier molecular flexibility index (Phi) is 2.70. The Morgan fingerprint density at radius 2 is 2.28 bits per heavy atom. The van der Waals surface area contributed by atoms with Gasteiger partial charge in [-0.1, -0.05) is 12.1 Å². The fourth-order valence-electron chi connectivity index (χ4n) is 2.67. The zero-order valence-corrected chi connectivity index (χ0v) is 10.0. The monoisotopic (exact) mass is 245 g/mol. The van der Waals surface area contributed by atoms with Gasteiger partial charge >= 0.3 is 6.09 Å². The van der Waals surface area contributed by atoms with Crippen molar-refractivity contribution in [1.82, 2.24) is 4.90 Å². The molecule has 4 nitrogen and oxygen atoms in total. The first kappa shape index (κ1) is 11.1. The van der Waals surface area contributed by atoms with Gasteiger partial charge in [-0.25, -0.2) is 4.79 Å². The minimum Gasteiger partial charge on any atom is -0.465 e. The van der Waals surface area contributed by atoms with Gasteiger partial charge in [0.15, 0.2) is 0 Å². The minimum absolute atomic E-state index is 0.0701. The van der Waals surface area contributed by atoms with Crippen molar-refractivity contribution in [3.8, 4) is 11.3 Å². The molecule has 0 saturated carbocycles. The van der Waals surface area contributed by atoms with Crippen LogP contribution in [0, 0.1) is 0 Å². The van der Waals surface area contributed by atoms with Crippen LogP contribution in [0.3, 0.4) is 0 Å². The molecule has 1 atom stereocenters. The van der Waals surface area contributed by atoms with Crippen molar-refractivity contribution in [1.29, 1.82) is 0 Å². The lowest BCUT2D eigenvalue weighted by Gasteiger charge is -2.33. The Labute approximate surface area is 105 Å². The Hall–Kier alpha value is -1.97. The summed E-state index contributed by atoms with van der Waals surface area (Å²) in [5.74, 6) is 0.844. The molecule has 0 aromatic rings. The van der Waals surface area contributed by atoms with E-state index >= 15 is 0 Å². The number of amides is 1. The van der Waals surface area contributed by atoms with Crippen molar-refractivity contribution >= 4 is 6.09 Å². The van der Waals surface area contributed by atoms with Crippen LogP contribution in [-0.4, -0.2) is 22.6 Å². The second-order valence-corrected chi connectivity index (χ2v) is 4.71. The van der Waals surface area contributed by atoms with Gasteiger partial charge in [0.2, 0.25) is 0 Å². The number of carbonyl (C=O) groups is 1. The zero-order chi connectivity index (χ0) is 12.5. The molecule has 4 heteroatoms. The first-order chi connectivity index (χ1) is 8.75. The lowest BCUT2D eigenvalue weighted by molar-refractivity contribution is 0.106. The van der Waals surface area contributed by atoms with Gasteiger partial charge in [-0.05, 0) is 31.4 Å². The van der Waals surface area contributed by atoms with Crippen LogP contribution in [0.1, 0.15) is 30.9 Å².